The lowest BCUT2D eigenvalue weighted by Gasteiger charge is -2.04. The van der Waals surface area contributed by atoms with E-state index in [1.165, 1.54) is 18.3 Å². The molecule has 0 amide bonds. The summed E-state index contributed by atoms with van der Waals surface area (Å²) in [6.45, 7) is 1.80. The van der Waals surface area contributed by atoms with Crippen LogP contribution >= 0.6 is 22.9 Å². The molecule has 3 aromatic rings. The third-order valence-corrected chi connectivity index (χ3v) is 5.85. The quantitative estimate of drug-likeness (QED) is 0.773. The molecule has 0 fully saturated rings. The lowest BCUT2D eigenvalue weighted by Crippen LogP contribution is -2.12. The van der Waals surface area contributed by atoms with Crippen molar-refractivity contribution in [2.75, 3.05) is 4.72 Å². The summed E-state index contributed by atoms with van der Waals surface area (Å²) in [6.07, 6.45) is 1.37. The number of thiophene rings is 1. The minimum atomic E-state index is -3.71. The molecule has 0 spiro atoms. The van der Waals surface area contributed by atoms with Crippen LogP contribution in [0.15, 0.2) is 45.3 Å². The third-order valence-electron chi connectivity index (χ3n) is 2.68. The van der Waals surface area contributed by atoms with E-state index < -0.39 is 10.0 Å². The van der Waals surface area contributed by atoms with Crippen LogP contribution in [0.1, 0.15) is 5.69 Å². The number of hydrogen-bond acceptors (Lipinski definition) is 6. The van der Waals surface area contributed by atoms with Crippen molar-refractivity contribution in [1.29, 1.82) is 0 Å². The van der Waals surface area contributed by atoms with Crippen LogP contribution in [0.25, 0.3) is 10.6 Å². The fourth-order valence-corrected chi connectivity index (χ4v) is 4.08. The highest BCUT2D eigenvalue weighted by Crippen LogP contribution is 2.31. The molecule has 0 unspecified atom stereocenters. The van der Waals surface area contributed by atoms with Crippen molar-refractivity contribution in [2.45, 2.75) is 11.1 Å². The second-order valence-electron chi connectivity index (χ2n) is 4.42. The summed E-state index contributed by atoms with van der Waals surface area (Å²) in [4.78, 5) is 4.60. The number of aromatic nitrogens is 2. The first-order valence-corrected chi connectivity index (χ1v) is 8.80. The van der Waals surface area contributed by atoms with Crippen molar-refractivity contribution in [1.82, 2.24) is 10.1 Å². The first-order chi connectivity index (χ1) is 10.4. The fraction of sp³-hybridized carbons (Fsp3) is 0.0769. The molecule has 0 aliphatic carbocycles. The molecular weight excluding hydrogens is 346 g/mol. The van der Waals surface area contributed by atoms with Gasteiger partial charge in [-0.3, -0.25) is 4.72 Å². The SMILES string of the molecule is Cc1cc(-c2ccc(S(=O)(=O)Nc3ccc(Cl)cn3)s2)on1. The van der Waals surface area contributed by atoms with Gasteiger partial charge in [-0.25, -0.2) is 13.4 Å². The molecule has 6 nitrogen and oxygen atoms in total. The highest BCUT2D eigenvalue weighted by molar-refractivity contribution is 7.94. The number of halogens is 1. The zero-order valence-electron chi connectivity index (χ0n) is 11.3. The van der Waals surface area contributed by atoms with Crippen LogP contribution in [0, 0.1) is 6.92 Å². The van der Waals surface area contributed by atoms with E-state index in [-0.39, 0.29) is 10.0 Å². The first-order valence-electron chi connectivity index (χ1n) is 6.12. The van der Waals surface area contributed by atoms with Crippen LogP contribution in [0.3, 0.4) is 0 Å². The van der Waals surface area contributed by atoms with E-state index in [0.29, 0.717) is 15.7 Å². The van der Waals surface area contributed by atoms with Crippen molar-refractivity contribution < 1.29 is 12.9 Å². The van der Waals surface area contributed by atoms with Gasteiger partial charge >= 0.3 is 0 Å². The van der Waals surface area contributed by atoms with Gasteiger partial charge in [0.25, 0.3) is 10.0 Å². The molecule has 0 saturated carbocycles. The standard InChI is InChI=1S/C13H10ClN3O3S2/c1-8-6-10(20-16-8)11-3-5-13(21-11)22(18,19)17-12-4-2-9(14)7-15-12/h2-7H,1H3,(H,15,17). The van der Waals surface area contributed by atoms with Gasteiger partial charge in [0.2, 0.25) is 0 Å². The van der Waals surface area contributed by atoms with E-state index in [4.69, 9.17) is 16.1 Å². The molecule has 9 heteroatoms. The summed E-state index contributed by atoms with van der Waals surface area (Å²) in [5.74, 6) is 0.739. The van der Waals surface area contributed by atoms with E-state index in [2.05, 4.69) is 14.9 Å². The predicted molar refractivity (Wildman–Crippen MR) is 84.6 cm³/mol. The topological polar surface area (TPSA) is 85.1 Å². The summed E-state index contributed by atoms with van der Waals surface area (Å²) in [6, 6.07) is 7.98. The minimum absolute atomic E-state index is 0.160. The Balaban J connectivity index is 1.86. The van der Waals surface area contributed by atoms with Gasteiger partial charge in [0, 0.05) is 12.3 Å². The minimum Gasteiger partial charge on any atom is -0.355 e. The molecule has 0 bridgehead atoms. The van der Waals surface area contributed by atoms with Crippen LogP contribution in [0.2, 0.25) is 5.02 Å². The molecule has 0 radical (unpaired) electrons. The Morgan fingerprint density at radius 3 is 2.73 bits per heavy atom. The second kappa shape index (κ2) is 5.71. The van der Waals surface area contributed by atoms with Gasteiger partial charge in [-0.1, -0.05) is 16.8 Å². The summed E-state index contributed by atoms with van der Waals surface area (Å²) in [5.41, 5.74) is 0.733. The maximum Gasteiger partial charge on any atom is 0.272 e. The lowest BCUT2D eigenvalue weighted by atomic mass is 10.3. The number of aryl methyl sites for hydroxylation is 1. The van der Waals surface area contributed by atoms with Crippen molar-refractivity contribution >= 4 is 38.8 Å². The number of sulfonamides is 1. The molecule has 0 atom stereocenters. The second-order valence-corrected chi connectivity index (χ2v) is 7.85. The molecule has 114 valence electrons. The number of hydrogen-bond donors (Lipinski definition) is 1. The van der Waals surface area contributed by atoms with Gasteiger partial charge in [0.05, 0.1) is 15.6 Å². The summed E-state index contributed by atoms with van der Waals surface area (Å²) >= 11 is 6.81. The van der Waals surface area contributed by atoms with Crippen molar-refractivity contribution in [3.63, 3.8) is 0 Å². The molecule has 0 aliphatic heterocycles. The number of pyridine rings is 1. The Kier molecular flexibility index (Phi) is 3.90. The molecule has 0 aliphatic rings. The normalized spacial score (nSPS) is 11.5. The van der Waals surface area contributed by atoms with Crippen LogP contribution in [-0.2, 0) is 10.0 Å². The Morgan fingerprint density at radius 1 is 1.27 bits per heavy atom. The monoisotopic (exact) mass is 355 g/mol. The molecule has 0 aromatic carbocycles. The molecular formula is C13H10ClN3O3S2. The molecule has 3 aromatic heterocycles. The van der Waals surface area contributed by atoms with Gasteiger partial charge < -0.3 is 4.52 Å². The Labute approximate surface area is 135 Å². The molecule has 22 heavy (non-hydrogen) atoms. The van der Waals surface area contributed by atoms with Gasteiger partial charge in [0.15, 0.2) is 5.76 Å². The summed E-state index contributed by atoms with van der Waals surface area (Å²) < 4.78 is 32.3. The highest BCUT2D eigenvalue weighted by atomic mass is 35.5. The number of anilines is 1. The van der Waals surface area contributed by atoms with Gasteiger partial charge in [0.1, 0.15) is 10.0 Å². The fourth-order valence-electron chi connectivity index (χ4n) is 1.70. The van der Waals surface area contributed by atoms with Gasteiger partial charge in [-0.15, -0.1) is 11.3 Å². The van der Waals surface area contributed by atoms with E-state index >= 15 is 0 Å². The Bertz CT molecular complexity index is 901. The van der Waals surface area contributed by atoms with Crippen molar-refractivity contribution in [3.05, 3.63) is 47.2 Å². The van der Waals surface area contributed by atoms with E-state index in [0.717, 1.165) is 17.0 Å². The molecule has 3 heterocycles. The summed E-state index contributed by atoms with van der Waals surface area (Å²) in [7, 11) is -3.71. The van der Waals surface area contributed by atoms with Crippen LogP contribution in [0.4, 0.5) is 5.82 Å². The van der Waals surface area contributed by atoms with Crippen LogP contribution < -0.4 is 4.72 Å². The van der Waals surface area contributed by atoms with E-state index in [1.54, 1.807) is 25.1 Å². The Morgan fingerprint density at radius 2 is 2.09 bits per heavy atom. The average Bonchev–Trinajstić information content (AvgIpc) is 3.10. The zero-order valence-corrected chi connectivity index (χ0v) is 13.7. The van der Waals surface area contributed by atoms with Crippen molar-refractivity contribution in [2.24, 2.45) is 0 Å². The number of nitrogens with one attached hydrogen (secondary N) is 1. The lowest BCUT2D eigenvalue weighted by molar-refractivity contribution is 0.428. The molecule has 3 rings (SSSR count). The third kappa shape index (κ3) is 3.13. The predicted octanol–water partition coefficient (Wildman–Crippen LogP) is 3.56. The van der Waals surface area contributed by atoms with Gasteiger partial charge in [-0.2, -0.15) is 0 Å². The largest absolute Gasteiger partial charge is 0.355 e. The molecule has 1 N–H and O–H groups in total. The average molecular weight is 356 g/mol. The highest BCUT2D eigenvalue weighted by Gasteiger charge is 2.19. The van der Waals surface area contributed by atoms with E-state index in [1.807, 2.05) is 0 Å². The zero-order chi connectivity index (χ0) is 15.7. The summed E-state index contributed by atoms with van der Waals surface area (Å²) in [5, 5.41) is 4.22. The van der Waals surface area contributed by atoms with Crippen LogP contribution in [0.5, 0.6) is 0 Å². The maximum atomic E-state index is 12.3. The number of nitrogens with zero attached hydrogens (tertiary/aromatic N) is 2. The smallest absolute Gasteiger partial charge is 0.272 e. The maximum absolute atomic E-state index is 12.3. The Hall–Kier alpha value is -1.90. The van der Waals surface area contributed by atoms with Gasteiger partial charge in [-0.05, 0) is 31.2 Å². The molecule has 0 saturated heterocycles. The van der Waals surface area contributed by atoms with E-state index in [9.17, 15) is 8.42 Å². The van der Waals surface area contributed by atoms with Crippen molar-refractivity contribution in [3.8, 4) is 10.6 Å². The first kappa shape index (κ1) is 15.0. The van der Waals surface area contributed by atoms with Crippen LogP contribution in [-0.4, -0.2) is 18.6 Å². The number of rotatable bonds is 4.